The molecule has 2 saturated heterocycles. The summed E-state index contributed by atoms with van der Waals surface area (Å²) in [7, 11) is 0. The van der Waals surface area contributed by atoms with E-state index in [9.17, 15) is 24.3 Å². The fraction of sp³-hybridized carbons (Fsp3) is 0.615. The molecule has 57 heavy (non-hydrogen) atoms. The first-order chi connectivity index (χ1) is 26.8. The van der Waals surface area contributed by atoms with Crippen LogP contribution in [-0.4, -0.2) is 106 Å². The molecule has 3 fully saturated rings. The van der Waals surface area contributed by atoms with Crippen LogP contribution in [0.2, 0.25) is 0 Å². The number of hydrogen-bond acceptors (Lipinski definition) is 12. The summed E-state index contributed by atoms with van der Waals surface area (Å²) in [5.41, 5.74) is 3.14. The molecule has 1 aromatic heterocycles. The molecule has 0 spiro atoms. The van der Waals surface area contributed by atoms with Crippen LogP contribution in [0.4, 0.5) is 4.79 Å². The van der Waals surface area contributed by atoms with Gasteiger partial charge in [0.15, 0.2) is 6.29 Å². The van der Waals surface area contributed by atoms with Crippen molar-refractivity contribution >= 4 is 75.7 Å². The molecule has 314 valence electrons. The van der Waals surface area contributed by atoms with Gasteiger partial charge in [0.25, 0.3) is 5.91 Å². The smallest absolute Gasteiger partial charge is 0.408 e. The van der Waals surface area contributed by atoms with E-state index in [1.165, 1.54) is 11.9 Å². The molecule has 15 nitrogen and oxygen atoms in total. The number of halogens is 3. The number of aliphatic hydroxyl groups excluding tert-OH is 1. The zero-order valence-corrected chi connectivity index (χ0v) is 35.0. The molecule has 1 aromatic carbocycles. The highest BCUT2D eigenvalue weighted by Gasteiger charge is 2.45. The molecule has 3 heterocycles. The Bertz CT molecular complexity index is 1780. The van der Waals surface area contributed by atoms with E-state index in [1.54, 1.807) is 26.8 Å². The van der Waals surface area contributed by atoms with Gasteiger partial charge in [-0.25, -0.2) is 10.2 Å². The topological polar surface area (TPSA) is 187 Å². The van der Waals surface area contributed by atoms with E-state index in [0.717, 1.165) is 17.4 Å². The van der Waals surface area contributed by atoms with Crippen molar-refractivity contribution in [2.45, 2.75) is 107 Å². The van der Waals surface area contributed by atoms with Gasteiger partial charge in [0, 0.05) is 11.9 Å². The normalized spacial score (nSPS) is 21.2. The summed E-state index contributed by atoms with van der Waals surface area (Å²) in [5, 5.41) is 19.4. The molecule has 3 aliphatic rings. The van der Waals surface area contributed by atoms with Crippen LogP contribution in [0.3, 0.4) is 0 Å². The lowest BCUT2D eigenvalue weighted by Gasteiger charge is -2.41. The van der Waals surface area contributed by atoms with Crippen molar-refractivity contribution in [2.24, 2.45) is 11.3 Å². The highest BCUT2D eigenvalue weighted by molar-refractivity contribution is 6.67. The third-order valence-electron chi connectivity index (χ3n) is 9.88. The molecule has 5 atom stereocenters. The first-order valence-electron chi connectivity index (χ1n) is 19.0. The van der Waals surface area contributed by atoms with Crippen LogP contribution in [0.5, 0.6) is 0 Å². The minimum atomic E-state index is -1.78. The van der Waals surface area contributed by atoms with Crippen molar-refractivity contribution in [2.75, 3.05) is 33.2 Å². The quantitative estimate of drug-likeness (QED) is 0.117. The van der Waals surface area contributed by atoms with Crippen LogP contribution in [0.25, 0.3) is 17.0 Å². The lowest BCUT2D eigenvalue weighted by atomic mass is 9.80. The molecular formula is C39H52Cl3N5O10. The van der Waals surface area contributed by atoms with Gasteiger partial charge < -0.3 is 39.4 Å². The number of carbonyl (C=O) groups is 4. The van der Waals surface area contributed by atoms with Crippen LogP contribution in [0, 0.1) is 11.3 Å². The molecular weight excluding hydrogens is 805 g/mol. The number of pyridine rings is 1. The highest BCUT2D eigenvalue weighted by atomic mass is 35.6. The van der Waals surface area contributed by atoms with Crippen molar-refractivity contribution in [3.8, 4) is 0 Å². The second-order valence-electron chi connectivity index (χ2n) is 15.8. The average molecular weight is 857 g/mol. The summed E-state index contributed by atoms with van der Waals surface area (Å²) in [5.74, 6) is -1.90. The van der Waals surface area contributed by atoms with E-state index in [2.05, 4.69) is 16.1 Å². The minimum absolute atomic E-state index is 0.0304. The Hall–Kier alpha value is -3.28. The number of carbonyl (C=O) groups excluding carboxylic acids is 4. The van der Waals surface area contributed by atoms with Gasteiger partial charge in [-0.2, -0.15) is 0 Å². The number of amides is 3. The van der Waals surface area contributed by atoms with Gasteiger partial charge in [0.1, 0.15) is 37.2 Å². The largest absolute Gasteiger partial charge is 0.460 e. The third-order valence-corrected chi connectivity index (χ3v) is 10.2. The summed E-state index contributed by atoms with van der Waals surface area (Å²) in [6, 6.07) is 7.22. The number of fused-ring (bicyclic) bond motifs is 1. The maximum absolute atomic E-state index is 13.8. The second kappa shape index (κ2) is 19.2. The van der Waals surface area contributed by atoms with Crippen molar-refractivity contribution in [1.29, 1.82) is 0 Å². The Balaban J connectivity index is 1.25. The van der Waals surface area contributed by atoms with E-state index in [1.807, 2.05) is 43.3 Å². The summed E-state index contributed by atoms with van der Waals surface area (Å²) in [4.78, 5) is 56.9. The van der Waals surface area contributed by atoms with Crippen molar-refractivity contribution in [3.63, 3.8) is 0 Å². The van der Waals surface area contributed by atoms with Crippen LogP contribution in [0.15, 0.2) is 36.4 Å². The molecule has 5 rings (SSSR count). The van der Waals surface area contributed by atoms with E-state index >= 15 is 0 Å². The standard InChI is InChI=1S/C39H52Cl3N5O10/c1-23(44-36(52)57-37(3,4)5)28-14-13-26-12-11-25(18-30(26)45-28)15-16-38(19-53-22-54-20-38)35(51)56-31(27-8-6-9-27)32(48)43-24(2)33(49)47-17-7-10-29(46-47)34(50)55-21-39(40,41)42/h11-16,18,23-24,27,29,31,35,46,51H,6-10,17,19-22H2,1-5H3,(H,43,48)(H,44,52)/b16-15+/t23-,24+,29+,31?,35?/m1/s1. The van der Waals surface area contributed by atoms with Gasteiger partial charge in [-0.15, -0.1) is 0 Å². The van der Waals surface area contributed by atoms with Crippen LogP contribution >= 0.6 is 34.8 Å². The summed E-state index contributed by atoms with van der Waals surface area (Å²) < 4.78 is 26.2. The minimum Gasteiger partial charge on any atom is -0.460 e. The van der Waals surface area contributed by atoms with Crippen molar-refractivity contribution < 1.29 is 48.0 Å². The fourth-order valence-corrected chi connectivity index (χ4v) is 6.73. The monoisotopic (exact) mass is 855 g/mol. The number of rotatable bonds is 13. The Morgan fingerprint density at radius 2 is 1.75 bits per heavy atom. The van der Waals surface area contributed by atoms with Crippen LogP contribution in [0.1, 0.15) is 84.0 Å². The number of ether oxygens (including phenoxy) is 5. The maximum atomic E-state index is 13.8. The second-order valence-corrected chi connectivity index (χ2v) is 18.3. The Kier molecular flexibility index (Phi) is 15.1. The highest BCUT2D eigenvalue weighted by Crippen LogP contribution is 2.37. The summed E-state index contributed by atoms with van der Waals surface area (Å²) in [6.45, 7) is 8.72. The van der Waals surface area contributed by atoms with Crippen LogP contribution < -0.4 is 16.1 Å². The van der Waals surface area contributed by atoms with Gasteiger partial charge in [0.05, 0.1) is 35.9 Å². The van der Waals surface area contributed by atoms with Gasteiger partial charge in [0.2, 0.25) is 9.70 Å². The lowest BCUT2D eigenvalue weighted by Crippen LogP contribution is -2.60. The number of nitrogens with one attached hydrogen (secondary N) is 3. The molecule has 1 aliphatic carbocycles. The zero-order valence-electron chi connectivity index (χ0n) is 32.7. The molecule has 2 aliphatic heterocycles. The van der Waals surface area contributed by atoms with E-state index in [0.29, 0.717) is 43.4 Å². The van der Waals surface area contributed by atoms with Gasteiger partial charge in [-0.3, -0.25) is 24.4 Å². The Morgan fingerprint density at radius 3 is 2.40 bits per heavy atom. The SMILES string of the molecule is C[C@H](NC(=O)C(OC(O)C1(/C=C/c2ccc3ccc([C@@H](C)NC(=O)OC(C)(C)C)nc3c2)COCOC1)C1CCC1)C(=O)N1CCC[C@@H](C(=O)OCC(Cl)(Cl)Cl)N1. The Morgan fingerprint density at radius 1 is 1.05 bits per heavy atom. The van der Waals surface area contributed by atoms with Gasteiger partial charge in [-0.1, -0.05) is 71.6 Å². The number of esters is 1. The number of nitrogens with zero attached hydrogens (tertiary/aromatic N) is 2. The zero-order chi connectivity index (χ0) is 41.5. The van der Waals surface area contributed by atoms with Crippen molar-refractivity contribution in [1.82, 2.24) is 26.1 Å². The average Bonchev–Trinajstić information content (AvgIpc) is 3.13. The fourth-order valence-electron chi connectivity index (χ4n) is 6.56. The number of hydrogen-bond donors (Lipinski definition) is 4. The first-order valence-corrected chi connectivity index (χ1v) is 20.2. The van der Waals surface area contributed by atoms with Gasteiger partial charge >= 0.3 is 12.1 Å². The molecule has 2 unspecified atom stereocenters. The molecule has 3 amide bonds. The Labute approximate surface area is 347 Å². The number of aromatic nitrogens is 1. The summed E-state index contributed by atoms with van der Waals surface area (Å²) in [6.07, 6.45) is 3.62. The van der Waals surface area contributed by atoms with Crippen molar-refractivity contribution in [3.05, 3.63) is 47.7 Å². The van der Waals surface area contributed by atoms with E-state index in [4.69, 9.17) is 63.5 Å². The van der Waals surface area contributed by atoms with Gasteiger partial charge in [-0.05, 0) is 83.9 Å². The van der Waals surface area contributed by atoms with E-state index < -0.39 is 75.8 Å². The maximum Gasteiger partial charge on any atom is 0.408 e. The number of alkyl carbamates (subject to hydrolysis) is 1. The molecule has 18 heteroatoms. The molecule has 2 aromatic rings. The molecule has 0 bridgehead atoms. The molecule has 0 radical (unpaired) electrons. The number of hydrazine groups is 1. The lowest BCUT2D eigenvalue weighted by molar-refractivity contribution is -0.257. The summed E-state index contributed by atoms with van der Waals surface area (Å²) >= 11 is 17.1. The van der Waals surface area contributed by atoms with Crippen LogP contribution in [-0.2, 0) is 38.1 Å². The predicted octanol–water partition coefficient (Wildman–Crippen LogP) is 5.24. The number of alkyl halides is 3. The predicted molar refractivity (Wildman–Crippen MR) is 213 cm³/mol. The molecule has 4 N–H and O–H groups in total. The van der Waals surface area contributed by atoms with E-state index in [-0.39, 0.29) is 25.9 Å². The molecule has 1 saturated carbocycles. The number of benzene rings is 1. The third kappa shape index (κ3) is 12.6. The first kappa shape index (κ1) is 44.8. The number of aliphatic hydroxyl groups is 1.